The lowest BCUT2D eigenvalue weighted by molar-refractivity contribution is -0.136. The molecule has 4 aromatic rings. The third kappa shape index (κ3) is 6.17. The van der Waals surface area contributed by atoms with Gasteiger partial charge in [0.15, 0.2) is 0 Å². The van der Waals surface area contributed by atoms with Crippen molar-refractivity contribution in [3.05, 3.63) is 95.7 Å². The number of carbonyl (C=O) groups excluding carboxylic acids is 2. The molecule has 4 N–H and O–H groups in total. The van der Waals surface area contributed by atoms with Gasteiger partial charge in [-0.2, -0.15) is 0 Å². The Bertz CT molecular complexity index is 1600. The van der Waals surface area contributed by atoms with Crippen LogP contribution in [-0.2, 0) is 36.1 Å². The van der Waals surface area contributed by atoms with E-state index in [1.807, 2.05) is 72.2 Å². The van der Waals surface area contributed by atoms with E-state index in [-0.39, 0.29) is 29.5 Å². The van der Waals surface area contributed by atoms with Gasteiger partial charge < -0.3 is 35.4 Å². The first kappa shape index (κ1) is 28.2. The van der Waals surface area contributed by atoms with Gasteiger partial charge in [0.1, 0.15) is 17.4 Å². The SMILES string of the molecule is CN1CC(C(=O)Nc2ccc(NCc3nccn3C)nc2)c2cccc(CN3CCNC(Cc4ccc(O)cc4)C3=O)c21. The molecule has 1 saturated heterocycles. The van der Waals surface area contributed by atoms with Crippen molar-refractivity contribution >= 4 is 29.0 Å². The fraction of sp³-hybridized carbons (Fsp3) is 0.312. The minimum absolute atomic E-state index is 0.0530. The van der Waals surface area contributed by atoms with E-state index in [1.54, 1.807) is 24.5 Å². The number of phenols is 1. The predicted octanol–water partition coefficient (Wildman–Crippen LogP) is 2.85. The van der Waals surface area contributed by atoms with Crippen LogP contribution in [0.3, 0.4) is 0 Å². The van der Waals surface area contributed by atoms with Gasteiger partial charge in [0.2, 0.25) is 11.8 Å². The number of nitrogens with one attached hydrogen (secondary N) is 3. The van der Waals surface area contributed by atoms with E-state index in [4.69, 9.17) is 0 Å². The minimum Gasteiger partial charge on any atom is -0.508 e. The number of benzene rings is 2. The van der Waals surface area contributed by atoms with Crippen LogP contribution in [0.15, 0.2) is 73.2 Å². The molecule has 4 heterocycles. The smallest absolute Gasteiger partial charge is 0.240 e. The van der Waals surface area contributed by atoms with Crippen molar-refractivity contribution in [2.75, 3.05) is 42.2 Å². The fourth-order valence-corrected chi connectivity index (χ4v) is 5.89. The number of para-hydroxylation sites is 1. The minimum atomic E-state index is -0.345. The highest BCUT2D eigenvalue weighted by atomic mass is 16.3. The molecule has 0 radical (unpaired) electrons. The molecule has 2 unspecified atom stereocenters. The molecule has 2 aliphatic heterocycles. The second-order valence-corrected chi connectivity index (χ2v) is 11.2. The van der Waals surface area contributed by atoms with Gasteiger partial charge in [-0.15, -0.1) is 0 Å². The molecule has 2 aromatic carbocycles. The molecule has 222 valence electrons. The maximum atomic E-state index is 13.4. The number of aromatic nitrogens is 3. The number of anilines is 3. The van der Waals surface area contributed by atoms with Crippen LogP contribution < -0.4 is 20.9 Å². The Labute approximate surface area is 250 Å². The molecule has 11 nitrogen and oxygen atoms in total. The second-order valence-electron chi connectivity index (χ2n) is 11.2. The topological polar surface area (TPSA) is 128 Å². The summed E-state index contributed by atoms with van der Waals surface area (Å²) in [5, 5.41) is 19.2. The highest BCUT2D eigenvalue weighted by Crippen LogP contribution is 2.39. The number of hydrogen-bond donors (Lipinski definition) is 4. The van der Waals surface area contributed by atoms with Crippen LogP contribution in [0.25, 0.3) is 0 Å². The zero-order valence-electron chi connectivity index (χ0n) is 24.3. The lowest BCUT2D eigenvalue weighted by Crippen LogP contribution is -2.55. The number of aryl methyl sites for hydroxylation is 1. The molecule has 11 heteroatoms. The average Bonchev–Trinajstić information content (AvgIpc) is 3.58. The number of phenolic OH excluding ortho intramolecular Hbond substituents is 1. The van der Waals surface area contributed by atoms with Gasteiger partial charge >= 0.3 is 0 Å². The molecule has 6 rings (SSSR count). The quantitative estimate of drug-likeness (QED) is 0.238. The Kier molecular flexibility index (Phi) is 7.97. The number of nitrogens with zero attached hydrogens (tertiary/aromatic N) is 5. The first-order valence-electron chi connectivity index (χ1n) is 14.5. The Morgan fingerprint density at radius 3 is 2.67 bits per heavy atom. The van der Waals surface area contributed by atoms with Crippen LogP contribution >= 0.6 is 0 Å². The first-order chi connectivity index (χ1) is 20.9. The largest absolute Gasteiger partial charge is 0.508 e. The Balaban J connectivity index is 1.10. The molecule has 2 aromatic heterocycles. The van der Waals surface area contributed by atoms with Gasteiger partial charge in [0, 0.05) is 58.4 Å². The molecule has 1 fully saturated rings. The maximum Gasteiger partial charge on any atom is 0.240 e. The molecule has 2 aliphatic rings. The first-order valence-corrected chi connectivity index (χ1v) is 14.5. The molecule has 0 bridgehead atoms. The summed E-state index contributed by atoms with van der Waals surface area (Å²) in [4.78, 5) is 39.6. The second kappa shape index (κ2) is 12.1. The fourth-order valence-electron chi connectivity index (χ4n) is 5.89. The molecule has 0 saturated carbocycles. The van der Waals surface area contributed by atoms with Crippen LogP contribution in [0.4, 0.5) is 17.2 Å². The molecule has 43 heavy (non-hydrogen) atoms. The van der Waals surface area contributed by atoms with Gasteiger partial charge in [-0.25, -0.2) is 9.97 Å². The number of imidazole rings is 1. The van der Waals surface area contributed by atoms with Gasteiger partial charge in [-0.1, -0.05) is 30.3 Å². The molecule has 2 atom stereocenters. The van der Waals surface area contributed by atoms with Crippen molar-refractivity contribution in [1.29, 1.82) is 0 Å². The molecule has 0 aliphatic carbocycles. The number of fused-ring (bicyclic) bond motifs is 1. The van der Waals surface area contributed by atoms with E-state index < -0.39 is 0 Å². The van der Waals surface area contributed by atoms with E-state index in [0.29, 0.717) is 50.6 Å². The van der Waals surface area contributed by atoms with E-state index >= 15 is 0 Å². The normalized spacial score (nSPS) is 18.0. The standard InChI is InChI=1S/C32H36N8O3/c1-38-14-12-34-29(38)18-36-28-11-8-23(17-35-28)37-31(42)26-20-39(2)30-22(4-3-5-25(26)30)19-40-15-13-33-27(32(40)43)16-21-6-9-24(41)10-7-21/h3-12,14,17,26-27,33,41H,13,15-16,18-20H2,1-2H3,(H,35,36)(H,37,42). The predicted molar refractivity (Wildman–Crippen MR) is 165 cm³/mol. The van der Waals surface area contributed by atoms with Crippen molar-refractivity contribution < 1.29 is 14.7 Å². The third-order valence-corrected chi connectivity index (χ3v) is 8.18. The Morgan fingerprint density at radius 2 is 1.93 bits per heavy atom. The Morgan fingerprint density at radius 1 is 1.09 bits per heavy atom. The van der Waals surface area contributed by atoms with Crippen LogP contribution in [0.5, 0.6) is 5.75 Å². The molecule has 0 spiro atoms. The number of aromatic hydroxyl groups is 1. The monoisotopic (exact) mass is 580 g/mol. The number of carbonyl (C=O) groups is 2. The van der Waals surface area contributed by atoms with Crippen LogP contribution in [0.1, 0.15) is 28.4 Å². The number of pyridine rings is 1. The lowest BCUT2D eigenvalue weighted by atomic mass is 9.97. The summed E-state index contributed by atoms with van der Waals surface area (Å²) in [6.45, 7) is 2.89. The molecular formula is C32H36N8O3. The summed E-state index contributed by atoms with van der Waals surface area (Å²) in [7, 11) is 3.94. The van der Waals surface area contributed by atoms with E-state index in [2.05, 4.69) is 30.8 Å². The van der Waals surface area contributed by atoms with Gasteiger partial charge in [0.25, 0.3) is 0 Å². The van der Waals surface area contributed by atoms with Gasteiger partial charge in [-0.3, -0.25) is 9.59 Å². The summed E-state index contributed by atoms with van der Waals surface area (Å²) in [6.07, 6.45) is 5.86. The van der Waals surface area contributed by atoms with Crippen LogP contribution in [0, 0.1) is 0 Å². The summed E-state index contributed by atoms with van der Waals surface area (Å²) in [6, 6.07) is 16.3. The van der Waals surface area contributed by atoms with Crippen molar-refractivity contribution in [3.63, 3.8) is 0 Å². The molecule has 2 amide bonds. The summed E-state index contributed by atoms with van der Waals surface area (Å²) < 4.78 is 1.95. The van der Waals surface area contributed by atoms with E-state index in [9.17, 15) is 14.7 Å². The van der Waals surface area contributed by atoms with Crippen molar-refractivity contribution in [2.24, 2.45) is 7.05 Å². The third-order valence-electron chi connectivity index (χ3n) is 8.18. The van der Waals surface area contributed by atoms with Crippen molar-refractivity contribution in [1.82, 2.24) is 24.8 Å². The number of likely N-dealkylation sites (N-methyl/N-ethyl adjacent to an activating group) is 1. The summed E-state index contributed by atoms with van der Waals surface area (Å²) in [5.41, 5.74) is 4.62. The zero-order chi connectivity index (χ0) is 29.9. The van der Waals surface area contributed by atoms with Crippen LogP contribution in [0.2, 0.25) is 0 Å². The number of hydrogen-bond acceptors (Lipinski definition) is 8. The Hall–Kier alpha value is -4.90. The number of amides is 2. The van der Waals surface area contributed by atoms with Gasteiger partial charge in [0.05, 0.1) is 30.4 Å². The highest BCUT2D eigenvalue weighted by Gasteiger charge is 2.35. The number of piperazine rings is 1. The van der Waals surface area contributed by atoms with E-state index in [1.165, 1.54) is 0 Å². The average molecular weight is 581 g/mol. The van der Waals surface area contributed by atoms with E-state index in [0.717, 1.165) is 28.2 Å². The van der Waals surface area contributed by atoms with Crippen LogP contribution in [-0.4, -0.2) is 69.1 Å². The summed E-state index contributed by atoms with van der Waals surface area (Å²) in [5.74, 6) is 1.42. The highest BCUT2D eigenvalue weighted by molar-refractivity contribution is 5.98. The molecular weight excluding hydrogens is 544 g/mol. The number of rotatable bonds is 9. The maximum absolute atomic E-state index is 13.4. The van der Waals surface area contributed by atoms with Crippen molar-refractivity contribution in [2.45, 2.75) is 31.5 Å². The van der Waals surface area contributed by atoms with Gasteiger partial charge in [-0.05, 0) is 47.4 Å². The van der Waals surface area contributed by atoms with Crippen molar-refractivity contribution in [3.8, 4) is 5.75 Å². The lowest BCUT2D eigenvalue weighted by Gasteiger charge is -2.34. The zero-order valence-corrected chi connectivity index (χ0v) is 24.3. The summed E-state index contributed by atoms with van der Waals surface area (Å²) >= 11 is 0.